The van der Waals surface area contributed by atoms with E-state index in [0.717, 1.165) is 21.9 Å². The molecule has 1 aliphatic heterocycles. The molecule has 0 radical (unpaired) electrons. The third kappa shape index (κ3) is 4.88. The first-order valence-corrected chi connectivity index (χ1v) is 10.2. The van der Waals surface area contributed by atoms with Gasteiger partial charge in [0.15, 0.2) is 0 Å². The fourth-order valence-electron chi connectivity index (χ4n) is 3.23. The zero-order valence-electron chi connectivity index (χ0n) is 18.0. The third-order valence-electron chi connectivity index (χ3n) is 4.68. The first-order valence-electron chi connectivity index (χ1n) is 10.2. The summed E-state index contributed by atoms with van der Waals surface area (Å²) in [5.74, 6) is -0.804. The number of benzene rings is 2. The lowest BCUT2D eigenvalue weighted by atomic mass is 9.99. The highest BCUT2D eigenvalue weighted by Crippen LogP contribution is 2.32. The van der Waals surface area contributed by atoms with E-state index in [0.29, 0.717) is 5.56 Å². The van der Waals surface area contributed by atoms with Crippen molar-refractivity contribution in [1.82, 2.24) is 10.0 Å². The second-order valence-corrected chi connectivity index (χ2v) is 6.84. The third-order valence-corrected chi connectivity index (χ3v) is 4.68. The Bertz CT molecular complexity index is 966. The standard InChI is InChI=1S/C23H25N3O6/c1-3-30-21(28)25-17-24-23(26(25)22(29)31-4-2,15-18-11-7-5-8-12-18)20(27)32-16-19-13-9-6-10-14-19/h5-14,17H,3-4,15-16H2,1-2H3. The van der Waals surface area contributed by atoms with Gasteiger partial charge in [-0.25, -0.2) is 19.4 Å². The second-order valence-electron chi connectivity index (χ2n) is 6.84. The van der Waals surface area contributed by atoms with Gasteiger partial charge in [-0.1, -0.05) is 60.7 Å². The number of rotatable bonds is 7. The second kappa shape index (κ2) is 10.4. The number of carbonyl (C=O) groups is 3. The van der Waals surface area contributed by atoms with Gasteiger partial charge in [0.05, 0.1) is 13.2 Å². The first kappa shape index (κ1) is 22.8. The molecule has 2 aromatic rings. The number of hydrazine groups is 1. The molecule has 0 aliphatic carbocycles. The fourth-order valence-corrected chi connectivity index (χ4v) is 3.23. The molecule has 0 saturated carbocycles. The predicted molar refractivity (Wildman–Crippen MR) is 115 cm³/mol. The van der Waals surface area contributed by atoms with Gasteiger partial charge >= 0.3 is 18.2 Å². The molecule has 0 bridgehead atoms. The molecule has 0 N–H and O–H groups in total. The summed E-state index contributed by atoms with van der Waals surface area (Å²) in [4.78, 5) is 43.2. The average Bonchev–Trinajstić information content (AvgIpc) is 3.19. The number of hydrogen-bond acceptors (Lipinski definition) is 7. The highest BCUT2D eigenvalue weighted by molar-refractivity contribution is 5.95. The van der Waals surface area contributed by atoms with Crippen LogP contribution < -0.4 is 0 Å². The van der Waals surface area contributed by atoms with Crippen LogP contribution in [-0.4, -0.2) is 53.4 Å². The molecule has 2 aromatic carbocycles. The summed E-state index contributed by atoms with van der Waals surface area (Å²) in [6, 6.07) is 18.1. The van der Waals surface area contributed by atoms with Gasteiger partial charge in [0.1, 0.15) is 12.9 Å². The number of carbonyl (C=O) groups excluding carboxylic acids is 3. The minimum atomic E-state index is -1.88. The van der Waals surface area contributed by atoms with E-state index in [1.165, 1.54) is 0 Å². The van der Waals surface area contributed by atoms with Crippen molar-refractivity contribution in [3.63, 3.8) is 0 Å². The monoisotopic (exact) mass is 439 g/mol. The maximum absolute atomic E-state index is 13.4. The smallest absolute Gasteiger partial charge is 0.434 e. The molecule has 0 spiro atoms. The van der Waals surface area contributed by atoms with Crippen molar-refractivity contribution in [3.05, 3.63) is 71.8 Å². The molecule has 168 valence electrons. The first-order chi connectivity index (χ1) is 15.5. The summed E-state index contributed by atoms with van der Waals surface area (Å²) < 4.78 is 15.7. The molecule has 3 rings (SSSR count). The van der Waals surface area contributed by atoms with Gasteiger partial charge in [-0.2, -0.15) is 10.0 Å². The van der Waals surface area contributed by atoms with Crippen LogP contribution in [-0.2, 0) is 32.0 Å². The van der Waals surface area contributed by atoms with E-state index in [2.05, 4.69) is 4.99 Å². The van der Waals surface area contributed by atoms with Gasteiger partial charge in [0, 0.05) is 6.42 Å². The zero-order chi connectivity index (χ0) is 23.0. The van der Waals surface area contributed by atoms with Gasteiger partial charge in [-0.05, 0) is 25.0 Å². The van der Waals surface area contributed by atoms with Crippen LogP contribution in [0.5, 0.6) is 0 Å². The van der Waals surface area contributed by atoms with Crippen molar-refractivity contribution in [2.45, 2.75) is 32.5 Å². The number of amides is 2. The Morgan fingerprint density at radius 1 is 0.812 bits per heavy atom. The van der Waals surface area contributed by atoms with Crippen molar-refractivity contribution >= 4 is 24.5 Å². The van der Waals surface area contributed by atoms with Gasteiger partial charge < -0.3 is 14.2 Å². The van der Waals surface area contributed by atoms with Crippen LogP contribution in [0.2, 0.25) is 0 Å². The Hall–Kier alpha value is -3.88. The molecule has 9 heteroatoms. The Labute approximate surface area is 186 Å². The SMILES string of the molecule is CCOC(=O)N1C=NC(Cc2ccccc2)(C(=O)OCc2ccccc2)N1C(=O)OCC. The Kier molecular flexibility index (Phi) is 7.43. The number of aliphatic imine (C=N–C) groups is 1. The molecule has 2 amide bonds. The van der Waals surface area contributed by atoms with Crippen LogP contribution in [0.15, 0.2) is 65.7 Å². The number of esters is 1. The van der Waals surface area contributed by atoms with Gasteiger partial charge in [-0.3, -0.25) is 0 Å². The van der Waals surface area contributed by atoms with E-state index >= 15 is 0 Å². The lowest BCUT2D eigenvalue weighted by Gasteiger charge is -2.36. The van der Waals surface area contributed by atoms with Crippen LogP contribution in [0.25, 0.3) is 0 Å². The summed E-state index contributed by atoms with van der Waals surface area (Å²) in [6.07, 6.45) is -0.741. The van der Waals surface area contributed by atoms with Gasteiger partial charge in [0.2, 0.25) is 0 Å². The van der Waals surface area contributed by atoms with E-state index in [1.54, 1.807) is 38.1 Å². The molecular weight excluding hydrogens is 414 g/mol. The highest BCUT2D eigenvalue weighted by atomic mass is 16.6. The van der Waals surface area contributed by atoms with Crippen molar-refractivity contribution in [3.8, 4) is 0 Å². The quantitative estimate of drug-likeness (QED) is 0.483. The molecule has 0 fully saturated rings. The largest absolute Gasteiger partial charge is 0.458 e. The van der Waals surface area contributed by atoms with Gasteiger partial charge in [-0.15, -0.1) is 0 Å². The zero-order valence-corrected chi connectivity index (χ0v) is 18.0. The molecule has 0 saturated heterocycles. The van der Waals surface area contributed by atoms with Crippen molar-refractivity contribution < 1.29 is 28.6 Å². The predicted octanol–water partition coefficient (Wildman–Crippen LogP) is 3.54. The number of nitrogens with zero attached hydrogens (tertiary/aromatic N) is 3. The lowest BCUT2D eigenvalue weighted by Crippen LogP contribution is -2.61. The molecule has 1 atom stereocenters. The summed E-state index contributed by atoms with van der Waals surface area (Å²) in [5.41, 5.74) is -0.404. The van der Waals surface area contributed by atoms with E-state index in [-0.39, 0.29) is 26.2 Å². The van der Waals surface area contributed by atoms with Crippen LogP contribution >= 0.6 is 0 Å². The maximum atomic E-state index is 13.4. The van der Waals surface area contributed by atoms with Crippen LogP contribution in [0.4, 0.5) is 9.59 Å². The van der Waals surface area contributed by atoms with Crippen LogP contribution in [0, 0.1) is 0 Å². The summed E-state index contributed by atoms with van der Waals surface area (Å²) in [7, 11) is 0. The normalized spacial score (nSPS) is 17.2. The molecular formula is C23H25N3O6. The maximum Gasteiger partial charge on any atom is 0.434 e. The fraction of sp³-hybridized carbons (Fsp3) is 0.304. The lowest BCUT2D eigenvalue weighted by molar-refractivity contribution is -0.162. The molecule has 32 heavy (non-hydrogen) atoms. The van der Waals surface area contributed by atoms with Crippen molar-refractivity contribution in [1.29, 1.82) is 0 Å². The number of hydrogen-bond donors (Lipinski definition) is 0. The Morgan fingerprint density at radius 3 is 1.97 bits per heavy atom. The highest BCUT2D eigenvalue weighted by Gasteiger charge is 2.56. The van der Waals surface area contributed by atoms with Crippen LogP contribution in [0.3, 0.4) is 0 Å². The Balaban J connectivity index is 1.98. The number of ether oxygens (including phenoxy) is 3. The molecule has 9 nitrogen and oxygen atoms in total. The molecule has 1 unspecified atom stereocenters. The van der Waals surface area contributed by atoms with E-state index < -0.39 is 23.8 Å². The molecule has 0 aromatic heterocycles. The Morgan fingerprint density at radius 2 is 1.38 bits per heavy atom. The summed E-state index contributed by atoms with van der Waals surface area (Å²) in [6.45, 7) is 3.33. The summed E-state index contributed by atoms with van der Waals surface area (Å²) >= 11 is 0. The van der Waals surface area contributed by atoms with E-state index in [9.17, 15) is 14.4 Å². The molecule has 1 heterocycles. The minimum Gasteiger partial charge on any atom is -0.458 e. The van der Waals surface area contributed by atoms with E-state index in [1.807, 2.05) is 36.4 Å². The topological polar surface area (TPSA) is 97.7 Å². The van der Waals surface area contributed by atoms with Crippen molar-refractivity contribution in [2.75, 3.05) is 13.2 Å². The average molecular weight is 439 g/mol. The van der Waals surface area contributed by atoms with Crippen LogP contribution in [0.1, 0.15) is 25.0 Å². The molecule has 1 aliphatic rings. The van der Waals surface area contributed by atoms with E-state index in [4.69, 9.17) is 14.2 Å². The minimum absolute atomic E-state index is 0.0260. The van der Waals surface area contributed by atoms with Gasteiger partial charge in [0.25, 0.3) is 5.66 Å². The van der Waals surface area contributed by atoms with Crippen molar-refractivity contribution in [2.24, 2.45) is 4.99 Å². The summed E-state index contributed by atoms with van der Waals surface area (Å²) in [5, 5.41) is 1.70.